The van der Waals surface area contributed by atoms with E-state index in [4.69, 9.17) is 5.11 Å². The molecule has 0 aliphatic heterocycles. The van der Waals surface area contributed by atoms with Crippen molar-refractivity contribution in [1.82, 2.24) is 9.78 Å². The van der Waals surface area contributed by atoms with Crippen molar-refractivity contribution in [2.75, 3.05) is 5.75 Å². The van der Waals surface area contributed by atoms with Crippen molar-refractivity contribution in [2.24, 2.45) is 0 Å². The second-order valence-electron chi connectivity index (χ2n) is 3.57. The van der Waals surface area contributed by atoms with Crippen LogP contribution < -0.4 is 0 Å². The van der Waals surface area contributed by atoms with Gasteiger partial charge in [-0.25, -0.2) is 0 Å². The normalized spacial score (nSPS) is 10.8. The standard InChI is InChI=1S/C11H17BrN2O2S/c1-3-8-11(12)9(14(4-2)13-8)7-17-6-5-10(15)16/h3-7H2,1-2H3,(H,15,16). The van der Waals surface area contributed by atoms with E-state index in [2.05, 4.69) is 34.9 Å². The SMILES string of the molecule is CCc1nn(CC)c(CSCCC(=O)O)c1Br. The molecule has 0 aromatic carbocycles. The second kappa shape index (κ2) is 7.06. The van der Waals surface area contributed by atoms with Gasteiger partial charge in [0, 0.05) is 18.1 Å². The second-order valence-corrected chi connectivity index (χ2v) is 5.47. The Morgan fingerprint density at radius 3 is 2.76 bits per heavy atom. The summed E-state index contributed by atoms with van der Waals surface area (Å²) in [5.74, 6) is 0.696. The summed E-state index contributed by atoms with van der Waals surface area (Å²) in [6, 6.07) is 0. The zero-order chi connectivity index (χ0) is 12.8. The Bertz CT molecular complexity index is 393. The van der Waals surface area contributed by atoms with E-state index in [1.165, 1.54) is 0 Å². The number of aromatic nitrogens is 2. The van der Waals surface area contributed by atoms with Crippen LogP contribution in [-0.4, -0.2) is 26.6 Å². The molecule has 4 nitrogen and oxygen atoms in total. The minimum Gasteiger partial charge on any atom is -0.481 e. The van der Waals surface area contributed by atoms with Gasteiger partial charge in [0.05, 0.1) is 22.3 Å². The van der Waals surface area contributed by atoms with E-state index in [-0.39, 0.29) is 6.42 Å². The average molecular weight is 321 g/mol. The van der Waals surface area contributed by atoms with E-state index >= 15 is 0 Å². The number of thioether (sulfide) groups is 1. The predicted octanol–water partition coefficient (Wildman–Crippen LogP) is 2.94. The van der Waals surface area contributed by atoms with Crippen LogP contribution in [0.2, 0.25) is 0 Å². The van der Waals surface area contributed by atoms with Crippen molar-refractivity contribution in [3.05, 3.63) is 15.9 Å². The molecule has 0 unspecified atom stereocenters. The highest BCUT2D eigenvalue weighted by molar-refractivity contribution is 9.10. The summed E-state index contributed by atoms with van der Waals surface area (Å²) in [6.07, 6.45) is 1.11. The molecular formula is C11H17BrN2O2S. The van der Waals surface area contributed by atoms with Gasteiger partial charge in [0.1, 0.15) is 0 Å². The van der Waals surface area contributed by atoms with Crippen LogP contribution in [0.5, 0.6) is 0 Å². The maximum atomic E-state index is 10.4. The molecule has 0 atom stereocenters. The van der Waals surface area contributed by atoms with Gasteiger partial charge in [0.25, 0.3) is 0 Å². The molecule has 0 aliphatic rings. The van der Waals surface area contributed by atoms with Gasteiger partial charge < -0.3 is 5.11 Å². The van der Waals surface area contributed by atoms with Crippen LogP contribution in [0.4, 0.5) is 0 Å². The van der Waals surface area contributed by atoms with Gasteiger partial charge in [0.2, 0.25) is 0 Å². The Kier molecular flexibility index (Phi) is 6.05. The number of carboxylic acid groups (broad SMARTS) is 1. The Labute approximate surface area is 114 Å². The molecule has 0 fully saturated rings. The lowest BCUT2D eigenvalue weighted by Gasteiger charge is -2.04. The molecule has 0 aliphatic carbocycles. The first-order chi connectivity index (χ1) is 8.10. The first kappa shape index (κ1) is 14.6. The number of hydrogen-bond acceptors (Lipinski definition) is 3. The zero-order valence-corrected chi connectivity index (χ0v) is 12.5. The molecule has 1 rings (SSSR count). The monoisotopic (exact) mass is 320 g/mol. The number of nitrogens with zero attached hydrogens (tertiary/aromatic N) is 2. The molecule has 0 amide bonds. The Balaban J connectivity index is 2.62. The van der Waals surface area contributed by atoms with Crippen molar-refractivity contribution < 1.29 is 9.90 Å². The molecule has 1 aromatic heterocycles. The number of carbonyl (C=O) groups is 1. The van der Waals surface area contributed by atoms with Crippen molar-refractivity contribution in [3.63, 3.8) is 0 Å². The molecule has 1 aromatic rings. The van der Waals surface area contributed by atoms with Gasteiger partial charge in [-0.1, -0.05) is 6.92 Å². The van der Waals surface area contributed by atoms with Crippen molar-refractivity contribution in [2.45, 2.75) is 39.0 Å². The highest BCUT2D eigenvalue weighted by Gasteiger charge is 2.13. The Hall–Kier alpha value is -0.490. The number of rotatable bonds is 7. The van der Waals surface area contributed by atoms with Crippen molar-refractivity contribution in [1.29, 1.82) is 0 Å². The molecule has 0 radical (unpaired) electrons. The van der Waals surface area contributed by atoms with Gasteiger partial charge in [-0.05, 0) is 29.3 Å². The summed E-state index contributed by atoms with van der Waals surface area (Å²) in [4.78, 5) is 10.4. The minimum atomic E-state index is -0.741. The number of aryl methyl sites for hydroxylation is 2. The van der Waals surface area contributed by atoms with Crippen LogP contribution in [0.3, 0.4) is 0 Å². The highest BCUT2D eigenvalue weighted by atomic mass is 79.9. The molecular weight excluding hydrogens is 304 g/mol. The number of aliphatic carboxylic acids is 1. The minimum absolute atomic E-state index is 0.211. The average Bonchev–Trinajstić information content (AvgIpc) is 2.61. The molecule has 0 saturated heterocycles. The van der Waals surface area contributed by atoms with E-state index in [9.17, 15) is 4.79 Å². The molecule has 1 N–H and O–H groups in total. The van der Waals surface area contributed by atoms with Crippen LogP contribution >= 0.6 is 27.7 Å². The van der Waals surface area contributed by atoms with Gasteiger partial charge in [-0.2, -0.15) is 16.9 Å². The molecule has 1 heterocycles. The van der Waals surface area contributed by atoms with Gasteiger partial charge in [-0.3, -0.25) is 9.48 Å². The molecule has 6 heteroatoms. The lowest BCUT2D eigenvalue weighted by molar-refractivity contribution is -0.136. The first-order valence-corrected chi connectivity index (χ1v) is 7.58. The third kappa shape index (κ3) is 4.03. The lowest BCUT2D eigenvalue weighted by atomic mass is 10.3. The smallest absolute Gasteiger partial charge is 0.304 e. The Morgan fingerprint density at radius 1 is 1.53 bits per heavy atom. The third-order valence-corrected chi connectivity index (χ3v) is 4.28. The van der Waals surface area contributed by atoms with Crippen LogP contribution in [0.15, 0.2) is 4.47 Å². The van der Waals surface area contributed by atoms with Crippen LogP contribution in [0.1, 0.15) is 31.7 Å². The molecule has 96 valence electrons. The first-order valence-electron chi connectivity index (χ1n) is 5.63. The molecule has 0 saturated carbocycles. The molecule has 0 spiro atoms. The summed E-state index contributed by atoms with van der Waals surface area (Å²) in [5.41, 5.74) is 2.22. The van der Waals surface area contributed by atoms with Gasteiger partial charge in [-0.15, -0.1) is 0 Å². The number of hydrogen-bond donors (Lipinski definition) is 1. The summed E-state index contributed by atoms with van der Waals surface area (Å²) in [5, 5.41) is 13.1. The predicted molar refractivity (Wildman–Crippen MR) is 73.4 cm³/mol. The zero-order valence-electron chi connectivity index (χ0n) is 10.1. The van der Waals surface area contributed by atoms with E-state index in [0.29, 0.717) is 5.75 Å². The number of carboxylic acids is 1. The topological polar surface area (TPSA) is 55.1 Å². The summed E-state index contributed by atoms with van der Waals surface area (Å²) >= 11 is 5.20. The van der Waals surface area contributed by atoms with Crippen LogP contribution in [-0.2, 0) is 23.5 Å². The van der Waals surface area contributed by atoms with E-state index in [0.717, 1.165) is 34.6 Å². The van der Waals surface area contributed by atoms with E-state index < -0.39 is 5.97 Å². The largest absolute Gasteiger partial charge is 0.481 e. The van der Waals surface area contributed by atoms with Crippen LogP contribution in [0.25, 0.3) is 0 Å². The summed E-state index contributed by atoms with van der Waals surface area (Å²) in [7, 11) is 0. The fourth-order valence-electron chi connectivity index (χ4n) is 1.48. The quantitative estimate of drug-likeness (QED) is 0.785. The third-order valence-electron chi connectivity index (χ3n) is 2.39. The fourth-order valence-corrected chi connectivity index (χ4v) is 3.32. The maximum Gasteiger partial charge on any atom is 0.304 e. The van der Waals surface area contributed by atoms with E-state index in [1.807, 2.05) is 4.68 Å². The van der Waals surface area contributed by atoms with Crippen LogP contribution in [0, 0.1) is 0 Å². The van der Waals surface area contributed by atoms with Gasteiger partial charge in [0.15, 0.2) is 0 Å². The lowest BCUT2D eigenvalue weighted by Crippen LogP contribution is -2.03. The number of halogens is 1. The summed E-state index contributed by atoms with van der Waals surface area (Å²) in [6.45, 7) is 4.98. The van der Waals surface area contributed by atoms with E-state index in [1.54, 1.807) is 11.8 Å². The maximum absolute atomic E-state index is 10.4. The Morgan fingerprint density at radius 2 is 2.24 bits per heavy atom. The van der Waals surface area contributed by atoms with Crippen molar-refractivity contribution >= 4 is 33.7 Å². The fraction of sp³-hybridized carbons (Fsp3) is 0.636. The summed E-state index contributed by atoms with van der Waals surface area (Å²) < 4.78 is 3.06. The highest BCUT2D eigenvalue weighted by Crippen LogP contribution is 2.26. The van der Waals surface area contributed by atoms with Crippen molar-refractivity contribution in [3.8, 4) is 0 Å². The molecule has 0 bridgehead atoms. The molecule has 17 heavy (non-hydrogen) atoms. The van der Waals surface area contributed by atoms with Gasteiger partial charge >= 0.3 is 5.97 Å².